The molecule has 1 N–H and O–H groups in total. The van der Waals surface area contributed by atoms with Crippen molar-refractivity contribution in [2.45, 2.75) is 46.2 Å². The Bertz CT molecular complexity index is 562. The van der Waals surface area contributed by atoms with Crippen molar-refractivity contribution in [1.82, 2.24) is 20.1 Å². The number of carbonyl (C=O) groups excluding carboxylic acids is 1. The number of nitrogens with one attached hydrogen (secondary N) is 1. The van der Waals surface area contributed by atoms with Crippen LogP contribution >= 0.6 is 11.3 Å². The van der Waals surface area contributed by atoms with E-state index in [1.54, 1.807) is 22.2 Å². The van der Waals surface area contributed by atoms with E-state index in [-0.39, 0.29) is 11.9 Å². The van der Waals surface area contributed by atoms with Crippen LogP contribution in [0.3, 0.4) is 0 Å². The molecule has 0 aliphatic rings. The standard InChI is InChI=1S/C14H20N4OS/c1-4-11-13(20-10(3)17-11)9-15-14(19)12(5-2)18-8-6-7-16-18/h6-8,12H,4-5,9H2,1-3H3,(H,15,19)/t12-/m1/s1. The molecule has 0 aromatic carbocycles. The van der Waals surface area contributed by atoms with Crippen LogP contribution in [0.15, 0.2) is 18.5 Å². The van der Waals surface area contributed by atoms with Crippen molar-refractivity contribution < 1.29 is 4.79 Å². The summed E-state index contributed by atoms with van der Waals surface area (Å²) < 4.78 is 1.70. The van der Waals surface area contributed by atoms with E-state index in [2.05, 4.69) is 22.3 Å². The highest BCUT2D eigenvalue weighted by molar-refractivity contribution is 7.11. The van der Waals surface area contributed by atoms with Crippen molar-refractivity contribution in [3.63, 3.8) is 0 Å². The molecule has 0 aliphatic carbocycles. The predicted octanol–water partition coefficient (Wildman–Crippen LogP) is 2.48. The quantitative estimate of drug-likeness (QED) is 0.890. The molecule has 2 rings (SSSR count). The van der Waals surface area contributed by atoms with Gasteiger partial charge in [-0.2, -0.15) is 5.10 Å². The molecule has 0 saturated heterocycles. The number of amides is 1. The summed E-state index contributed by atoms with van der Waals surface area (Å²) in [6, 6.07) is 1.58. The number of rotatable bonds is 6. The third kappa shape index (κ3) is 3.25. The second-order valence-electron chi connectivity index (χ2n) is 4.58. The van der Waals surface area contributed by atoms with Gasteiger partial charge in [0.2, 0.25) is 5.91 Å². The van der Waals surface area contributed by atoms with Gasteiger partial charge < -0.3 is 5.32 Å². The Morgan fingerprint density at radius 2 is 2.30 bits per heavy atom. The van der Waals surface area contributed by atoms with Crippen LogP contribution in [0, 0.1) is 6.92 Å². The number of hydrogen-bond donors (Lipinski definition) is 1. The first-order valence-corrected chi connectivity index (χ1v) is 7.69. The van der Waals surface area contributed by atoms with Crippen LogP contribution in [0.4, 0.5) is 0 Å². The Labute approximate surface area is 123 Å². The van der Waals surface area contributed by atoms with E-state index in [9.17, 15) is 4.79 Å². The maximum Gasteiger partial charge on any atom is 0.245 e. The van der Waals surface area contributed by atoms with Gasteiger partial charge in [-0.1, -0.05) is 13.8 Å². The number of thiazole rings is 1. The first-order chi connectivity index (χ1) is 9.65. The van der Waals surface area contributed by atoms with Gasteiger partial charge in [-0.3, -0.25) is 9.48 Å². The average molecular weight is 292 g/mol. The van der Waals surface area contributed by atoms with E-state index in [4.69, 9.17) is 0 Å². The Morgan fingerprint density at radius 3 is 2.90 bits per heavy atom. The van der Waals surface area contributed by atoms with Crippen molar-refractivity contribution in [1.29, 1.82) is 0 Å². The van der Waals surface area contributed by atoms with Crippen molar-refractivity contribution in [2.75, 3.05) is 0 Å². The molecule has 0 spiro atoms. The summed E-state index contributed by atoms with van der Waals surface area (Å²) in [5, 5.41) is 8.19. The van der Waals surface area contributed by atoms with Crippen LogP contribution in [0.2, 0.25) is 0 Å². The average Bonchev–Trinajstić information content (AvgIpc) is 3.06. The fraction of sp³-hybridized carbons (Fsp3) is 0.500. The minimum absolute atomic E-state index is 0.00399. The summed E-state index contributed by atoms with van der Waals surface area (Å²) in [4.78, 5) is 17.9. The third-order valence-corrected chi connectivity index (χ3v) is 4.19. The molecular weight excluding hydrogens is 272 g/mol. The molecule has 0 unspecified atom stereocenters. The maximum atomic E-state index is 12.3. The Balaban J connectivity index is 2.00. The molecule has 0 radical (unpaired) electrons. The zero-order chi connectivity index (χ0) is 14.5. The zero-order valence-electron chi connectivity index (χ0n) is 12.1. The van der Waals surface area contributed by atoms with E-state index in [1.165, 1.54) is 0 Å². The molecule has 0 bridgehead atoms. The molecule has 5 nitrogen and oxygen atoms in total. The van der Waals surface area contributed by atoms with Gasteiger partial charge in [0.05, 0.1) is 17.2 Å². The number of aryl methyl sites for hydroxylation is 2. The van der Waals surface area contributed by atoms with E-state index in [1.807, 2.05) is 26.1 Å². The SMILES string of the molecule is CCc1nc(C)sc1CNC(=O)[C@@H](CC)n1cccn1. The van der Waals surface area contributed by atoms with Crippen LogP contribution in [0.25, 0.3) is 0 Å². The van der Waals surface area contributed by atoms with Crippen LogP contribution < -0.4 is 5.32 Å². The summed E-state index contributed by atoms with van der Waals surface area (Å²) in [5.41, 5.74) is 1.08. The normalized spacial score (nSPS) is 12.3. The topological polar surface area (TPSA) is 59.8 Å². The van der Waals surface area contributed by atoms with E-state index in [0.717, 1.165) is 28.4 Å². The second kappa shape index (κ2) is 6.65. The van der Waals surface area contributed by atoms with E-state index in [0.29, 0.717) is 6.54 Å². The van der Waals surface area contributed by atoms with Crippen molar-refractivity contribution in [2.24, 2.45) is 0 Å². The van der Waals surface area contributed by atoms with E-state index >= 15 is 0 Å². The zero-order valence-corrected chi connectivity index (χ0v) is 12.9. The highest BCUT2D eigenvalue weighted by Crippen LogP contribution is 2.19. The molecule has 1 amide bonds. The minimum atomic E-state index is -0.246. The fourth-order valence-electron chi connectivity index (χ4n) is 2.17. The molecule has 2 aromatic rings. The van der Waals surface area contributed by atoms with Crippen molar-refractivity contribution in [3.8, 4) is 0 Å². The van der Waals surface area contributed by atoms with Gasteiger partial charge in [0.15, 0.2) is 0 Å². The molecule has 0 saturated carbocycles. The Hall–Kier alpha value is -1.69. The first-order valence-electron chi connectivity index (χ1n) is 6.87. The lowest BCUT2D eigenvalue weighted by molar-refractivity contribution is -0.124. The largest absolute Gasteiger partial charge is 0.349 e. The van der Waals surface area contributed by atoms with Crippen molar-refractivity contribution >= 4 is 17.2 Å². The lowest BCUT2D eigenvalue weighted by atomic mass is 10.2. The Morgan fingerprint density at radius 1 is 1.50 bits per heavy atom. The van der Waals surface area contributed by atoms with Crippen LogP contribution in [0.1, 0.15) is 41.9 Å². The molecular formula is C14H20N4OS. The number of hydrogen-bond acceptors (Lipinski definition) is 4. The van der Waals surface area contributed by atoms with Crippen LogP contribution in [-0.4, -0.2) is 20.7 Å². The summed E-state index contributed by atoms with van der Waals surface area (Å²) in [6.45, 7) is 6.61. The van der Waals surface area contributed by atoms with Gasteiger partial charge in [0.25, 0.3) is 0 Å². The number of carbonyl (C=O) groups is 1. The summed E-state index contributed by atoms with van der Waals surface area (Å²) >= 11 is 1.65. The molecule has 20 heavy (non-hydrogen) atoms. The van der Waals surface area contributed by atoms with Crippen LogP contribution in [-0.2, 0) is 17.8 Å². The number of aromatic nitrogens is 3. The smallest absolute Gasteiger partial charge is 0.245 e. The lowest BCUT2D eigenvalue weighted by Crippen LogP contribution is -2.32. The molecule has 1 atom stereocenters. The second-order valence-corrected chi connectivity index (χ2v) is 5.87. The van der Waals surface area contributed by atoms with Gasteiger partial charge in [-0.05, 0) is 25.8 Å². The lowest BCUT2D eigenvalue weighted by Gasteiger charge is -2.15. The van der Waals surface area contributed by atoms with Crippen molar-refractivity contribution in [3.05, 3.63) is 34.0 Å². The highest BCUT2D eigenvalue weighted by atomic mass is 32.1. The minimum Gasteiger partial charge on any atom is -0.349 e. The maximum absolute atomic E-state index is 12.3. The first kappa shape index (κ1) is 14.7. The number of nitrogens with zero attached hydrogens (tertiary/aromatic N) is 3. The van der Waals surface area contributed by atoms with Gasteiger partial charge in [0, 0.05) is 17.3 Å². The summed E-state index contributed by atoms with van der Waals surface area (Å²) in [7, 11) is 0. The molecule has 108 valence electrons. The molecule has 0 fully saturated rings. The Kier molecular flexibility index (Phi) is 4.89. The third-order valence-electron chi connectivity index (χ3n) is 3.18. The highest BCUT2D eigenvalue weighted by Gasteiger charge is 2.19. The fourth-order valence-corrected chi connectivity index (χ4v) is 3.13. The molecule has 2 heterocycles. The summed E-state index contributed by atoms with van der Waals surface area (Å²) in [5.74, 6) is 0.00399. The molecule has 0 aliphatic heterocycles. The van der Waals surface area contributed by atoms with Gasteiger partial charge in [0.1, 0.15) is 6.04 Å². The molecule has 6 heteroatoms. The predicted molar refractivity (Wildman–Crippen MR) is 79.6 cm³/mol. The molecule has 2 aromatic heterocycles. The summed E-state index contributed by atoms with van der Waals surface area (Å²) in [6.07, 6.45) is 5.13. The van der Waals surface area contributed by atoms with E-state index < -0.39 is 0 Å². The van der Waals surface area contributed by atoms with Gasteiger partial charge >= 0.3 is 0 Å². The van der Waals surface area contributed by atoms with Crippen LogP contribution in [0.5, 0.6) is 0 Å². The van der Waals surface area contributed by atoms with Gasteiger partial charge in [-0.25, -0.2) is 4.98 Å². The monoisotopic (exact) mass is 292 g/mol. The van der Waals surface area contributed by atoms with Gasteiger partial charge in [-0.15, -0.1) is 11.3 Å².